The smallest absolute Gasteiger partial charge is 0.135 e. The van der Waals surface area contributed by atoms with Gasteiger partial charge in [-0.05, 0) is 12.8 Å². The molecule has 0 unspecified atom stereocenters. The lowest BCUT2D eigenvalue weighted by molar-refractivity contribution is 0.134. The van der Waals surface area contributed by atoms with Gasteiger partial charge in [-0.1, -0.05) is 32.4 Å². The maximum Gasteiger partial charge on any atom is 0.135 e. The lowest BCUT2D eigenvalue weighted by Crippen LogP contribution is -2.09. The largest absolute Gasteiger partial charge is 0.381 e. The number of rotatable bonds is 8. The topological polar surface area (TPSA) is 47.0 Å². The molecular formula is C13H22ClN3O. The summed E-state index contributed by atoms with van der Waals surface area (Å²) in [5.74, 6) is 1.83. The van der Waals surface area contributed by atoms with Crippen molar-refractivity contribution in [1.29, 1.82) is 0 Å². The van der Waals surface area contributed by atoms with Gasteiger partial charge in [-0.3, -0.25) is 0 Å². The van der Waals surface area contributed by atoms with Gasteiger partial charge in [0.05, 0.1) is 0 Å². The summed E-state index contributed by atoms with van der Waals surface area (Å²) in [5, 5.41) is 3.73. The van der Waals surface area contributed by atoms with Crippen molar-refractivity contribution in [2.45, 2.75) is 39.5 Å². The summed E-state index contributed by atoms with van der Waals surface area (Å²) in [7, 11) is 0. The van der Waals surface area contributed by atoms with Crippen LogP contribution in [0, 0.1) is 0 Å². The van der Waals surface area contributed by atoms with Crippen LogP contribution in [0.4, 0.5) is 5.82 Å². The van der Waals surface area contributed by atoms with E-state index in [1.165, 1.54) is 0 Å². The van der Waals surface area contributed by atoms with Gasteiger partial charge in [-0.15, -0.1) is 0 Å². The molecule has 0 atom stereocenters. The molecule has 1 N–H and O–H groups in total. The number of hydrogen-bond acceptors (Lipinski definition) is 4. The third-order valence-corrected chi connectivity index (χ3v) is 2.54. The van der Waals surface area contributed by atoms with Crippen molar-refractivity contribution in [2.24, 2.45) is 0 Å². The van der Waals surface area contributed by atoms with E-state index in [1.54, 1.807) is 6.07 Å². The molecule has 0 fully saturated rings. The van der Waals surface area contributed by atoms with Crippen molar-refractivity contribution in [3.05, 3.63) is 17.0 Å². The Morgan fingerprint density at radius 1 is 1.33 bits per heavy atom. The number of hydrogen-bond donors (Lipinski definition) is 1. The summed E-state index contributed by atoms with van der Waals surface area (Å²) in [6, 6.07) is 1.75. The van der Waals surface area contributed by atoms with Crippen LogP contribution < -0.4 is 5.32 Å². The van der Waals surface area contributed by atoms with Crippen LogP contribution in [-0.2, 0) is 4.74 Å². The Hall–Kier alpha value is -0.870. The first-order valence-corrected chi connectivity index (χ1v) is 6.87. The van der Waals surface area contributed by atoms with Crippen LogP contribution in [0.3, 0.4) is 0 Å². The van der Waals surface area contributed by atoms with Gasteiger partial charge in [0.2, 0.25) is 0 Å². The highest BCUT2D eigenvalue weighted by atomic mass is 35.5. The minimum absolute atomic E-state index is 0.275. The first-order chi connectivity index (χ1) is 8.63. The second-order valence-electron chi connectivity index (χ2n) is 4.48. The number of anilines is 1. The zero-order valence-corrected chi connectivity index (χ0v) is 12.1. The van der Waals surface area contributed by atoms with Crippen molar-refractivity contribution in [3.8, 4) is 0 Å². The Kier molecular flexibility index (Phi) is 6.98. The van der Waals surface area contributed by atoms with Crippen LogP contribution in [0.1, 0.15) is 45.4 Å². The Morgan fingerprint density at radius 3 is 2.78 bits per heavy atom. The number of ether oxygens (including phenoxy) is 1. The van der Waals surface area contributed by atoms with E-state index in [9.17, 15) is 0 Å². The molecule has 102 valence electrons. The highest BCUT2D eigenvalue weighted by molar-refractivity contribution is 6.29. The molecule has 0 saturated carbocycles. The Balaban J connectivity index is 2.37. The van der Waals surface area contributed by atoms with E-state index in [2.05, 4.69) is 22.2 Å². The molecule has 0 spiro atoms. The zero-order valence-electron chi connectivity index (χ0n) is 11.4. The molecule has 0 aliphatic rings. The molecule has 0 radical (unpaired) electrons. The van der Waals surface area contributed by atoms with Crippen molar-refractivity contribution >= 4 is 17.4 Å². The molecule has 0 aliphatic carbocycles. The van der Waals surface area contributed by atoms with E-state index in [0.717, 1.165) is 44.2 Å². The third-order valence-electron chi connectivity index (χ3n) is 2.35. The first-order valence-electron chi connectivity index (χ1n) is 6.49. The molecule has 0 amide bonds. The Bertz CT molecular complexity index is 358. The fourth-order valence-electron chi connectivity index (χ4n) is 1.42. The second kappa shape index (κ2) is 8.27. The van der Waals surface area contributed by atoms with Gasteiger partial charge in [0.1, 0.15) is 16.8 Å². The quantitative estimate of drug-likeness (QED) is 0.581. The number of nitrogens with zero attached hydrogens (tertiary/aromatic N) is 2. The van der Waals surface area contributed by atoms with E-state index in [-0.39, 0.29) is 5.92 Å². The number of nitrogens with one attached hydrogen (secondary N) is 1. The van der Waals surface area contributed by atoms with Crippen LogP contribution in [0.15, 0.2) is 6.07 Å². The summed E-state index contributed by atoms with van der Waals surface area (Å²) in [5.41, 5.74) is 0. The van der Waals surface area contributed by atoms with Crippen molar-refractivity contribution in [3.63, 3.8) is 0 Å². The van der Waals surface area contributed by atoms with Gasteiger partial charge in [0, 0.05) is 31.7 Å². The van der Waals surface area contributed by atoms with Gasteiger partial charge in [-0.2, -0.15) is 0 Å². The van der Waals surface area contributed by atoms with Crippen LogP contribution in [0.2, 0.25) is 5.15 Å². The summed E-state index contributed by atoms with van der Waals surface area (Å²) < 4.78 is 5.41. The van der Waals surface area contributed by atoms with Crippen molar-refractivity contribution < 1.29 is 4.74 Å². The average Bonchev–Trinajstić information content (AvgIpc) is 2.33. The maximum atomic E-state index is 5.96. The monoisotopic (exact) mass is 271 g/mol. The molecule has 4 nitrogen and oxygen atoms in total. The van der Waals surface area contributed by atoms with E-state index in [4.69, 9.17) is 16.3 Å². The molecule has 1 aromatic heterocycles. The van der Waals surface area contributed by atoms with E-state index < -0.39 is 0 Å². The summed E-state index contributed by atoms with van der Waals surface area (Å²) in [4.78, 5) is 8.61. The van der Waals surface area contributed by atoms with Crippen LogP contribution >= 0.6 is 11.6 Å². The fourth-order valence-corrected chi connectivity index (χ4v) is 1.61. The van der Waals surface area contributed by atoms with Crippen LogP contribution in [0.5, 0.6) is 0 Å². The Labute approximate surface area is 114 Å². The van der Waals surface area contributed by atoms with Gasteiger partial charge >= 0.3 is 0 Å². The molecule has 0 aromatic carbocycles. The zero-order chi connectivity index (χ0) is 13.4. The van der Waals surface area contributed by atoms with Crippen molar-refractivity contribution in [1.82, 2.24) is 9.97 Å². The van der Waals surface area contributed by atoms with Gasteiger partial charge in [0.25, 0.3) is 0 Å². The minimum atomic E-state index is 0.275. The molecule has 0 aliphatic heterocycles. The highest BCUT2D eigenvalue weighted by Gasteiger charge is 2.06. The normalized spacial score (nSPS) is 10.9. The molecule has 1 aromatic rings. The summed E-state index contributed by atoms with van der Waals surface area (Å²) in [6.45, 7) is 8.64. The highest BCUT2D eigenvalue weighted by Crippen LogP contribution is 2.16. The SMILES string of the molecule is CCCOCCCNc1cc(Cl)nc(C(C)C)n1. The summed E-state index contributed by atoms with van der Waals surface area (Å²) in [6.07, 6.45) is 2.02. The maximum absolute atomic E-state index is 5.96. The minimum Gasteiger partial charge on any atom is -0.381 e. The molecular weight excluding hydrogens is 250 g/mol. The average molecular weight is 272 g/mol. The predicted octanol–water partition coefficient (Wildman–Crippen LogP) is 3.48. The van der Waals surface area contributed by atoms with Crippen LogP contribution in [0.25, 0.3) is 0 Å². The van der Waals surface area contributed by atoms with E-state index >= 15 is 0 Å². The molecule has 18 heavy (non-hydrogen) atoms. The fraction of sp³-hybridized carbons (Fsp3) is 0.692. The molecule has 1 rings (SSSR count). The lowest BCUT2D eigenvalue weighted by Gasteiger charge is -2.09. The van der Waals surface area contributed by atoms with Crippen LogP contribution in [-0.4, -0.2) is 29.7 Å². The van der Waals surface area contributed by atoms with Gasteiger partial charge in [0.15, 0.2) is 0 Å². The molecule has 0 saturated heterocycles. The second-order valence-corrected chi connectivity index (χ2v) is 4.87. The number of halogens is 1. The first kappa shape index (κ1) is 15.2. The molecule has 0 bridgehead atoms. The lowest BCUT2D eigenvalue weighted by atomic mass is 10.2. The predicted molar refractivity (Wildman–Crippen MR) is 75.3 cm³/mol. The number of aromatic nitrogens is 2. The molecule has 5 heteroatoms. The Morgan fingerprint density at radius 2 is 2.11 bits per heavy atom. The van der Waals surface area contributed by atoms with Gasteiger partial charge in [-0.25, -0.2) is 9.97 Å². The van der Waals surface area contributed by atoms with Gasteiger partial charge < -0.3 is 10.1 Å². The molecule has 1 heterocycles. The standard InChI is InChI=1S/C13H22ClN3O/c1-4-7-18-8-5-6-15-12-9-11(14)16-13(17-12)10(2)3/h9-10H,4-8H2,1-3H3,(H,15,16,17). The summed E-state index contributed by atoms with van der Waals surface area (Å²) >= 11 is 5.96. The van der Waals surface area contributed by atoms with E-state index in [1.807, 2.05) is 13.8 Å². The van der Waals surface area contributed by atoms with Crippen molar-refractivity contribution in [2.75, 3.05) is 25.1 Å². The third kappa shape index (κ3) is 5.65. The van der Waals surface area contributed by atoms with E-state index in [0.29, 0.717) is 5.15 Å².